The second kappa shape index (κ2) is 5.95. The Morgan fingerprint density at radius 2 is 2.29 bits per heavy atom. The summed E-state index contributed by atoms with van der Waals surface area (Å²) in [4.78, 5) is 10.2. The molecule has 6 heteroatoms. The summed E-state index contributed by atoms with van der Waals surface area (Å²) in [7, 11) is 1.60. The Kier molecular flexibility index (Phi) is 4.59. The fraction of sp³-hybridized carbons (Fsp3) is 0.364. The standard InChI is InChI=1S/C11H15N3O3/c1-8(12)10-7-9(14(15)16)3-4-11(10)13-5-6-17-2/h3-4,7,12-13H,5-6H2,1-2H3. The van der Waals surface area contributed by atoms with E-state index in [-0.39, 0.29) is 11.4 Å². The predicted molar refractivity (Wildman–Crippen MR) is 66.0 cm³/mol. The van der Waals surface area contributed by atoms with Crippen LogP contribution in [0.3, 0.4) is 0 Å². The summed E-state index contributed by atoms with van der Waals surface area (Å²) < 4.78 is 4.90. The molecule has 17 heavy (non-hydrogen) atoms. The molecule has 0 bridgehead atoms. The molecule has 0 aliphatic rings. The van der Waals surface area contributed by atoms with Crippen LogP contribution < -0.4 is 5.32 Å². The fourth-order valence-electron chi connectivity index (χ4n) is 1.40. The zero-order chi connectivity index (χ0) is 12.8. The first-order chi connectivity index (χ1) is 8.06. The van der Waals surface area contributed by atoms with Gasteiger partial charge in [-0.3, -0.25) is 10.1 Å². The topological polar surface area (TPSA) is 88.2 Å². The molecule has 0 saturated carbocycles. The van der Waals surface area contributed by atoms with E-state index >= 15 is 0 Å². The van der Waals surface area contributed by atoms with E-state index in [9.17, 15) is 10.1 Å². The second-order valence-electron chi connectivity index (χ2n) is 3.53. The molecule has 6 nitrogen and oxygen atoms in total. The number of non-ortho nitro benzene ring substituents is 1. The molecule has 1 aromatic carbocycles. The van der Waals surface area contributed by atoms with Gasteiger partial charge in [0, 0.05) is 42.7 Å². The minimum atomic E-state index is -0.467. The number of anilines is 1. The number of nitro groups is 1. The van der Waals surface area contributed by atoms with Crippen LogP contribution in [0.5, 0.6) is 0 Å². The summed E-state index contributed by atoms with van der Waals surface area (Å²) in [6.07, 6.45) is 0. The van der Waals surface area contributed by atoms with E-state index in [2.05, 4.69) is 5.32 Å². The van der Waals surface area contributed by atoms with Crippen molar-refractivity contribution in [2.24, 2.45) is 0 Å². The normalized spacial score (nSPS) is 10.0. The number of hydrogen-bond acceptors (Lipinski definition) is 5. The maximum Gasteiger partial charge on any atom is 0.270 e. The number of nitro benzene ring substituents is 1. The molecule has 92 valence electrons. The monoisotopic (exact) mass is 237 g/mol. The number of ether oxygens (including phenoxy) is 1. The molecule has 0 aliphatic heterocycles. The molecule has 0 atom stereocenters. The first-order valence-corrected chi connectivity index (χ1v) is 5.13. The highest BCUT2D eigenvalue weighted by molar-refractivity contribution is 6.02. The summed E-state index contributed by atoms with van der Waals surface area (Å²) in [6, 6.07) is 4.43. The van der Waals surface area contributed by atoms with Gasteiger partial charge in [0.2, 0.25) is 0 Å². The van der Waals surface area contributed by atoms with Crippen molar-refractivity contribution in [3.63, 3.8) is 0 Å². The van der Waals surface area contributed by atoms with Crippen LogP contribution in [-0.2, 0) is 4.74 Å². The van der Waals surface area contributed by atoms with Gasteiger partial charge in [-0.25, -0.2) is 0 Å². The van der Waals surface area contributed by atoms with Crippen LogP contribution in [0.4, 0.5) is 11.4 Å². The maximum atomic E-state index is 10.6. The third-order valence-corrected chi connectivity index (χ3v) is 2.24. The van der Waals surface area contributed by atoms with Crippen molar-refractivity contribution in [1.29, 1.82) is 5.41 Å². The van der Waals surface area contributed by atoms with Crippen molar-refractivity contribution < 1.29 is 9.66 Å². The minimum Gasteiger partial charge on any atom is -0.383 e. The van der Waals surface area contributed by atoms with Gasteiger partial charge in [-0.1, -0.05) is 0 Å². The van der Waals surface area contributed by atoms with E-state index in [1.54, 1.807) is 20.1 Å². The highest BCUT2D eigenvalue weighted by atomic mass is 16.6. The van der Waals surface area contributed by atoms with Crippen molar-refractivity contribution in [1.82, 2.24) is 0 Å². The van der Waals surface area contributed by atoms with Gasteiger partial charge in [-0.15, -0.1) is 0 Å². The Morgan fingerprint density at radius 3 is 2.82 bits per heavy atom. The number of rotatable bonds is 6. The van der Waals surface area contributed by atoms with Gasteiger partial charge < -0.3 is 15.5 Å². The third kappa shape index (κ3) is 3.53. The average Bonchev–Trinajstić information content (AvgIpc) is 2.29. The summed E-state index contributed by atoms with van der Waals surface area (Å²) in [5.74, 6) is 0. The Bertz CT molecular complexity index is 432. The summed E-state index contributed by atoms with van der Waals surface area (Å²) in [6.45, 7) is 2.72. The Hall–Kier alpha value is -1.95. The van der Waals surface area contributed by atoms with Gasteiger partial charge in [-0.2, -0.15) is 0 Å². The lowest BCUT2D eigenvalue weighted by atomic mass is 10.1. The average molecular weight is 237 g/mol. The lowest BCUT2D eigenvalue weighted by Gasteiger charge is -2.10. The summed E-state index contributed by atoms with van der Waals surface area (Å²) in [5, 5.41) is 21.3. The Morgan fingerprint density at radius 1 is 1.59 bits per heavy atom. The molecule has 0 fully saturated rings. The molecule has 0 amide bonds. The number of benzene rings is 1. The molecule has 0 unspecified atom stereocenters. The van der Waals surface area contributed by atoms with Gasteiger partial charge in [0.1, 0.15) is 0 Å². The van der Waals surface area contributed by atoms with E-state index in [0.717, 1.165) is 0 Å². The summed E-state index contributed by atoms with van der Waals surface area (Å²) >= 11 is 0. The number of nitrogens with one attached hydrogen (secondary N) is 2. The molecule has 1 rings (SSSR count). The van der Waals surface area contributed by atoms with E-state index in [1.165, 1.54) is 12.1 Å². The first-order valence-electron chi connectivity index (χ1n) is 5.13. The lowest BCUT2D eigenvalue weighted by Crippen LogP contribution is -2.10. The van der Waals surface area contributed by atoms with Crippen LogP contribution in [0.2, 0.25) is 0 Å². The molecule has 0 saturated heterocycles. The minimum absolute atomic E-state index is 0.0103. The van der Waals surface area contributed by atoms with Gasteiger partial charge >= 0.3 is 0 Å². The van der Waals surface area contributed by atoms with Crippen molar-refractivity contribution in [3.05, 3.63) is 33.9 Å². The third-order valence-electron chi connectivity index (χ3n) is 2.24. The van der Waals surface area contributed by atoms with Crippen LogP contribution in [0, 0.1) is 15.5 Å². The molecule has 0 heterocycles. The van der Waals surface area contributed by atoms with Crippen LogP contribution in [0.15, 0.2) is 18.2 Å². The molecule has 2 N–H and O–H groups in total. The molecule has 0 aromatic heterocycles. The predicted octanol–water partition coefficient (Wildman–Crippen LogP) is 2.04. The Balaban J connectivity index is 2.96. The fourth-order valence-corrected chi connectivity index (χ4v) is 1.40. The van der Waals surface area contributed by atoms with Crippen molar-refractivity contribution in [3.8, 4) is 0 Å². The molecule has 0 spiro atoms. The van der Waals surface area contributed by atoms with Crippen LogP contribution in [0.1, 0.15) is 12.5 Å². The second-order valence-corrected chi connectivity index (χ2v) is 3.53. The van der Waals surface area contributed by atoms with E-state index in [0.29, 0.717) is 24.4 Å². The van der Waals surface area contributed by atoms with Crippen molar-refractivity contribution >= 4 is 17.1 Å². The zero-order valence-electron chi connectivity index (χ0n) is 9.82. The lowest BCUT2D eigenvalue weighted by molar-refractivity contribution is -0.384. The van der Waals surface area contributed by atoms with Gasteiger partial charge in [0.05, 0.1) is 11.5 Å². The maximum absolute atomic E-state index is 10.6. The number of methoxy groups -OCH3 is 1. The summed E-state index contributed by atoms with van der Waals surface area (Å²) in [5.41, 5.74) is 1.52. The van der Waals surface area contributed by atoms with Crippen LogP contribution in [0.25, 0.3) is 0 Å². The van der Waals surface area contributed by atoms with Gasteiger partial charge in [0.15, 0.2) is 0 Å². The van der Waals surface area contributed by atoms with Gasteiger partial charge in [-0.05, 0) is 13.0 Å². The molecular weight excluding hydrogens is 222 g/mol. The molecule has 0 aliphatic carbocycles. The largest absolute Gasteiger partial charge is 0.383 e. The zero-order valence-corrected chi connectivity index (χ0v) is 9.82. The number of hydrogen-bond donors (Lipinski definition) is 2. The highest BCUT2D eigenvalue weighted by Crippen LogP contribution is 2.22. The van der Waals surface area contributed by atoms with E-state index in [4.69, 9.17) is 10.1 Å². The smallest absolute Gasteiger partial charge is 0.270 e. The van der Waals surface area contributed by atoms with Crippen molar-refractivity contribution in [2.45, 2.75) is 6.92 Å². The Labute approximate surface area is 99.3 Å². The van der Waals surface area contributed by atoms with Crippen LogP contribution in [-0.4, -0.2) is 30.9 Å². The van der Waals surface area contributed by atoms with E-state index < -0.39 is 4.92 Å². The first kappa shape index (κ1) is 13.1. The highest BCUT2D eigenvalue weighted by Gasteiger charge is 2.11. The SMILES string of the molecule is COCCNc1ccc([N+](=O)[O-])cc1C(C)=N. The van der Waals surface area contributed by atoms with Crippen molar-refractivity contribution in [2.75, 3.05) is 25.6 Å². The van der Waals surface area contributed by atoms with Gasteiger partial charge in [0.25, 0.3) is 5.69 Å². The quantitative estimate of drug-likeness (QED) is 0.343. The molecular formula is C11H15N3O3. The number of nitrogens with zero attached hydrogens (tertiary/aromatic N) is 1. The molecule has 0 radical (unpaired) electrons. The molecule has 1 aromatic rings. The van der Waals surface area contributed by atoms with Crippen LogP contribution >= 0.6 is 0 Å². The van der Waals surface area contributed by atoms with E-state index in [1.807, 2.05) is 0 Å².